The number of aryl methyl sites for hydroxylation is 1. The minimum absolute atomic E-state index is 0.134. The van der Waals surface area contributed by atoms with Crippen LogP contribution in [0.5, 0.6) is 11.5 Å². The second-order valence-electron chi connectivity index (χ2n) is 10.8. The summed E-state index contributed by atoms with van der Waals surface area (Å²) in [7, 11) is -1.71. The molecule has 0 saturated heterocycles. The summed E-state index contributed by atoms with van der Waals surface area (Å²) in [5.41, 5.74) is 4.06. The Morgan fingerprint density at radius 3 is 2.52 bits per heavy atom. The summed E-state index contributed by atoms with van der Waals surface area (Å²) < 4.78 is 13.3. The molecule has 1 aliphatic carbocycles. The van der Waals surface area contributed by atoms with Crippen molar-refractivity contribution >= 4 is 8.32 Å². The maximum atomic E-state index is 6.67. The van der Waals surface area contributed by atoms with Crippen LogP contribution in [0.1, 0.15) is 89.7 Å². The van der Waals surface area contributed by atoms with E-state index in [1.807, 2.05) is 0 Å². The van der Waals surface area contributed by atoms with Crippen LogP contribution in [0.4, 0.5) is 0 Å². The highest BCUT2D eigenvalue weighted by Gasteiger charge is 2.45. The lowest BCUT2D eigenvalue weighted by atomic mass is 9.68. The Hall–Kier alpha value is -1.22. The lowest BCUT2D eigenvalue weighted by molar-refractivity contribution is 0.0110. The molecular weight excluding hydrogens is 372 g/mol. The second kappa shape index (κ2) is 8.87. The van der Waals surface area contributed by atoms with Crippen LogP contribution < -0.4 is 9.16 Å². The normalized spacial score (nSPS) is 22.9. The Balaban J connectivity index is 1.97. The van der Waals surface area contributed by atoms with E-state index in [4.69, 9.17) is 9.16 Å². The van der Waals surface area contributed by atoms with Crippen molar-refractivity contribution < 1.29 is 9.16 Å². The minimum Gasteiger partial charge on any atom is -0.544 e. The van der Waals surface area contributed by atoms with Crippen molar-refractivity contribution in [3.8, 4) is 11.5 Å². The summed E-state index contributed by atoms with van der Waals surface area (Å²) in [5.74, 6) is 3.10. The van der Waals surface area contributed by atoms with E-state index in [0.29, 0.717) is 11.8 Å². The van der Waals surface area contributed by atoms with E-state index in [1.165, 1.54) is 61.6 Å². The van der Waals surface area contributed by atoms with E-state index < -0.39 is 8.32 Å². The van der Waals surface area contributed by atoms with Crippen LogP contribution in [0, 0.1) is 5.92 Å². The number of unbranched alkanes of at least 4 members (excludes halogenated alkanes) is 4. The molecule has 2 aliphatic rings. The molecule has 29 heavy (non-hydrogen) atoms. The maximum absolute atomic E-state index is 6.67. The molecule has 0 aromatic heterocycles. The number of allylic oxidation sites excluding steroid dienone is 2. The van der Waals surface area contributed by atoms with E-state index in [2.05, 4.69) is 65.5 Å². The zero-order valence-electron chi connectivity index (χ0n) is 19.9. The Morgan fingerprint density at radius 1 is 1.10 bits per heavy atom. The van der Waals surface area contributed by atoms with E-state index in [-0.39, 0.29) is 5.60 Å². The predicted octanol–water partition coefficient (Wildman–Crippen LogP) is 8.02. The number of hydrogen-bond acceptors (Lipinski definition) is 2. The van der Waals surface area contributed by atoms with Gasteiger partial charge in [0.2, 0.25) is 8.32 Å². The molecule has 0 amide bonds. The highest BCUT2D eigenvalue weighted by atomic mass is 28.4. The maximum Gasteiger partial charge on any atom is 0.242 e. The fourth-order valence-electron chi connectivity index (χ4n) is 5.05. The van der Waals surface area contributed by atoms with Crippen LogP contribution in [0.3, 0.4) is 0 Å². The molecule has 162 valence electrons. The van der Waals surface area contributed by atoms with Gasteiger partial charge in [0.15, 0.2) is 0 Å². The molecule has 0 radical (unpaired) electrons. The topological polar surface area (TPSA) is 18.5 Å². The first-order valence-electron chi connectivity index (χ1n) is 11.8. The largest absolute Gasteiger partial charge is 0.544 e. The molecule has 1 unspecified atom stereocenters. The van der Waals surface area contributed by atoms with E-state index in [1.54, 1.807) is 0 Å². The number of benzene rings is 1. The first-order valence-corrected chi connectivity index (χ1v) is 15.2. The predicted molar refractivity (Wildman–Crippen MR) is 127 cm³/mol. The van der Waals surface area contributed by atoms with Crippen LogP contribution in [-0.2, 0) is 6.42 Å². The SMILES string of the molecule is CCCCCCCc1cc2c(c(O[Si](C)(C)C)c1)C1C=C(C)CC[C@@H]1C(C)(C)O2. The van der Waals surface area contributed by atoms with Crippen molar-refractivity contribution in [1.29, 1.82) is 0 Å². The van der Waals surface area contributed by atoms with Gasteiger partial charge in [-0.15, -0.1) is 0 Å². The quantitative estimate of drug-likeness (QED) is 0.243. The lowest BCUT2D eigenvalue weighted by Crippen LogP contribution is -2.45. The van der Waals surface area contributed by atoms with Crippen molar-refractivity contribution in [3.05, 3.63) is 34.9 Å². The fourth-order valence-corrected chi connectivity index (χ4v) is 5.88. The monoisotopic (exact) mass is 414 g/mol. The first-order chi connectivity index (χ1) is 13.6. The third-order valence-electron chi connectivity index (χ3n) is 6.50. The van der Waals surface area contributed by atoms with Crippen LogP contribution in [0.25, 0.3) is 0 Å². The number of hydrogen-bond donors (Lipinski definition) is 0. The molecule has 1 aliphatic heterocycles. The molecule has 1 aromatic carbocycles. The molecule has 2 nitrogen and oxygen atoms in total. The molecular formula is C26H42O2Si. The van der Waals surface area contributed by atoms with Gasteiger partial charge in [-0.1, -0.05) is 44.3 Å². The van der Waals surface area contributed by atoms with E-state index in [9.17, 15) is 0 Å². The average Bonchev–Trinajstić information content (AvgIpc) is 2.59. The van der Waals surface area contributed by atoms with Crippen LogP contribution in [0.15, 0.2) is 23.8 Å². The van der Waals surface area contributed by atoms with Crippen LogP contribution in [0.2, 0.25) is 19.6 Å². The molecule has 1 heterocycles. The third kappa shape index (κ3) is 5.48. The van der Waals surface area contributed by atoms with Gasteiger partial charge in [0.05, 0.1) is 0 Å². The summed E-state index contributed by atoms with van der Waals surface area (Å²) in [6.07, 6.45) is 12.6. The van der Waals surface area contributed by atoms with Gasteiger partial charge in [-0.3, -0.25) is 0 Å². The van der Waals surface area contributed by atoms with Gasteiger partial charge < -0.3 is 9.16 Å². The van der Waals surface area contributed by atoms with Gasteiger partial charge >= 0.3 is 0 Å². The van der Waals surface area contributed by atoms with Crippen molar-refractivity contribution in [3.63, 3.8) is 0 Å². The smallest absolute Gasteiger partial charge is 0.242 e. The van der Waals surface area contributed by atoms with Crippen molar-refractivity contribution in [2.75, 3.05) is 0 Å². The lowest BCUT2D eigenvalue weighted by Gasteiger charge is -2.47. The second-order valence-corrected chi connectivity index (χ2v) is 15.2. The molecule has 0 spiro atoms. The Morgan fingerprint density at radius 2 is 1.83 bits per heavy atom. The van der Waals surface area contributed by atoms with Gasteiger partial charge in [0.25, 0.3) is 0 Å². The average molecular weight is 415 g/mol. The number of ether oxygens (including phenoxy) is 1. The molecule has 2 atom stereocenters. The van der Waals surface area contributed by atoms with Gasteiger partial charge in [-0.05, 0) is 83.8 Å². The van der Waals surface area contributed by atoms with E-state index in [0.717, 1.165) is 17.9 Å². The fraction of sp³-hybridized carbons (Fsp3) is 0.692. The van der Waals surface area contributed by atoms with Crippen molar-refractivity contribution in [1.82, 2.24) is 0 Å². The zero-order valence-corrected chi connectivity index (χ0v) is 20.9. The summed E-state index contributed by atoms with van der Waals surface area (Å²) >= 11 is 0. The Kier molecular flexibility index (Phi) is 6.87. The van der Waals surface area contributed by atoms with Crippen molar-refractivity contribution in [2.24, 2.45) is 5.92 Å². The summed E-state index contributed by atoms with van der Waals surface area (Å²) in [6, 6.07) is 4.66. The molecule has 0 bridgehead atoms. The van der Waals surface area contributed by atoms with Crippen molar-refractivity contribution in [2.45, 2.75) is 110 Å². The van der Waals surface area contributed by atoms with Crippen LogP contribution in [-0.4, -0.2) is 13.9 Å². The molecule has 0 N–H and O–H groups in total. The molecule has 0 fully saturated rings. The summed E-state index contributed by atoms with van der Waals surface area (Å²) in [6.45, 7) is 16.0. The number of fused-ring (bicyclic) bond motifs is 3. The van der Waals surface area contributed by atoms with Crippen LogP contribution >= 0.6 is 0 Å². The Labute approximate surface area is 180 Å². The zero-order chi connectivity index (χ0) is 21.2. The number of rotatable bonds is 8. The van der Waals surface area contributed by atoms with Gasteiger partial charge in [-0.2, -0.15) is 0 Å². The Bertz CT molecular complexity index is 742. The summed E-state index contributed by atoms with van der Waals surface area (Å²) in [5, 5.41) is 0. The molecule has 1 aromatic rings. The van der Waals surface area contributed by atoms with E-state index >= 15 is 0 Å². The standard InChI is InChI=1S/C26H42O2Si/c1-8-9-10-11-12-13-20-17-23-25(24(18-20)28-29(5,6)7)21-16-19(2)14-15-22(21)26(3,4)27-23/h16-18,21-22H,8-15H2,1-7H3/t21?,22-/m0/s1. The molecule has 0 saturated carbocycles. The first kappa shape index (κ1) is 22.5. The highest BCUT2D eigenvalue weighted by molar-refractivity contribution is 6.70. The van der Waals surface area contributed by atoms with Gasteiger partial charge in [-0.25, -0.2) is 0 Å². The third-order valence-corrected chi connectivity index (χ3v) is 7.33. The molecule has 3 rings (SSSR count). The van der Waals surface area contributed by atoms with Gasteiger partial charge in [0, 0.05) is 17.4 Å². The molecule has 3 heteroatoms. The highest BCUT2D eigenvalue weighted by Crippen LogP contribution is 2.54. The van der Waals surface area contributed by atoms with Gasteiger partial charge in [0.1, 0.15) is 17.1 Å². The summed E-state index contributed by atoms with van der Waals surface area (Å²) in [4.78, 5) is 0. The minimum atomic E-state index is -1.71.